The summed E-state index contributed by atoms with van der Waals surface area (Å²) in [6, 6.07) is 12.7. The Morgan fingerprint density at radius 1 is 1.21 bits per heavy atom. The molecule has 1 unspecified atom stereocenters. The van der Waals surface area contributed by atoms with Crippen LogP contribution in [0.1, 0.15) is 24.5 Å². The van der Waals surface area contributed by atoms with Crippen LogP contribution in [0.3, 0.4) is 0 Å². The van der Waals surface area contributed by atoms with Gasteiger partial charge in [-0.3, -0.25) is 24.4 Å². The summed E-state index contributed by atoms with van der Waals surface area (Å²) in [4.78, 5) is 43.1. The van der Waals surface area contributed by atoms with Crippen molar-refractivity contribution >= 4 is 34.3 Å². The third-order valence-electron chi connectivity index (χ3n) is 5.77. The van der Waals surface area contributed by atoms with Crippen molar-refractivity contribution in [2.24, 2.45) is 7.05 Å². The lowest BCUT2D eigenvalue weighted by Gasteiger charge is -2.19. The van der Waals surface area contributed by atoms with Gasteiger partial charge in [-0.25, -0.2) is 4.98 Å². The molecule has 3 N–H and O–H groups in total. The summed E-state index contributed by atoms with van der Waals surface area (Å²) in [5.74, 6) is -0.840. The van der Waals surface area contributed by atoms with E-state index >= 15 is 0 Å². The predicted molar refractivity (Wildman–Crippen MR) is 124 cm³/mol. The van der Waals surface area contributed by atoms with Crippen molar-refractivity contribution in [3.05, 3.63) is 60.7 Å². The first kappa shape index (κ1) is 21.4. The Balaban J connectivity index is 1.24. The number of nitrogens with zero attached hydrogens (tertiary/aromatic N) is 3. The number of piperidine rings is 1. The fourth-order valence-corrected chi connectivity index (χ4v) is 4.06. The number of ether oxygens (including phenoxy) is 1. The van der Waals surface area contributed by atoms with Crippen LogP contribution < -0.4 is 15.4 Å². The molecule has 1 saturated heterocycles. The first-order valence-corrected chi connectivity index (χ1v) is 10.8. The van der Waals surface area contributed by atoms with Crippen LogP contribution in [0.25, 0.3) is 22.2 Å². The van der Waals surface area contributed by atoms with E-state index in [0.717, 1.165) is 22.2 Å². The summed E-state index contributed by atoms with van der Waals surface area (Å²) >= 11 is 0. The third-order valence-corrected chi connectivity index (χ3v) is 5.77. The van der Waals surface area contributed by atoms with Gasteiger partial charge in [0.1, 0.15) is 5.75 Å². The Labute approximate surface area is 194 Å². The van der Waals surface area contributed by atoms with Gasteiger partial charge in [-0.15, -0.1) is 0 Å². The van der Waals surface area contributed by atoms with Gasteiger partial charge >= 0.3 is 0 Å². The van der Waals surface area contributed by atoms with Crippen LogP contribution in [0.15, 0.2) is 55.0 Å². The first-order valence-electron chi connectivity index (χ1n) is 10.8. The average molecular weight is 458 g/mol. The second-order valence-corrected chi connectivity index (χ2v) is 8.07. The van der Waals surface area contributed by atoms with Crippen LogP contribution in [-0.2, 0) is 21.4 Å². The van der Waals surface area contributed by atoms with Crippen molar-refractivity contribution in [2.45, 2.75) is 18.8 Å². The summed E-state index contributed by atoms with van der Waals surface area (Å²) in [6.45, 7) is -0.161. The number of H-pyrrole nitrogens is 1. The maximum Gasteiger partial charge on any atom is 0.262 e. The lowest BCUT2D eigenvalue weighted by Crippen LogP contribution is -2.39. The molecule has 0 spiro atoms. The van der Waals surface area contributed by atoms with Crippen molar-refractivity contribution in [2.75, 3.05) is 11.9 Å². The van der Waals surface area contributed by atoms with E-state index < -0.39 is 5.92 Å². The molecular formula is C24H22N6O4. The van der Waals surface area contributed by atoms with Crippen molar-refractivity contribution in [3.63, 3.8) is 0 Å². The van der Waals surface area contributed by atoms with Crippen LogP contribution in [0.2, 0.25) is 0 Å². The summed E-state index contributed by atoms with van der Waals surface area (Å²) in [7, 11) is 1.78. The van der Waals surface area contributed by atoms with E-state index in [1.165, 1.54) is 0 Å². The van der Waals surface area contributed by atoms with Crippen molar-refractivity contribution in [1.29, 1.82) is 0 Å². The molecule has 4 aromatic rings. The zero-order valence-corrected chi connectivity index (χ0v) is 18.4. The predicted octanol–water partition coefficient (Wildman–Crippen LogP) is 2.50. The number of imidazole rings is 1. The van der Waals surface area contributed by atoms with Gasteiger partial charge in [0.25, 0.3) is 5.91 Å². The molecule has 34 heavy (non-hydrogen) atoms. The van der Waals surface area contributed by atoms with Gasteiger partial charge in [-0.1, -0.05) is 12.1 Å². The fourth-order valence-electron chi connectivity index (χ4n) is 4.06. The highest BCUT2D eigenvalue weighted by atomic mass is 16.5. The van der Waals surface area contributed by atoms with Crippen LogP contribution >= 0.6 is 0 Å². The van der Waals surface area contributed by atoms with Gasteiger partial charge in [-0.05, 0) is 36.2 Å². The zero-order chi connectivity index (χ0) is 23.7. The van der Waals surface area contributed by atoms with Gasteiger partial charge in [-0.2, -0.15) is 5.10 Å². The fraction of sp³-hybridized carbons (Fsp3) is 0.208. The van der Waals surface area contributed by atoms with E-state index in [4.69, 9.17) is 4.74 Å². The molecule has 2 aromatic carbocycles. The monoisotopic (exact) mass is 458 g/mol. The molecule has 3 amide bonds. The number of carbonyl (C=O) groups excluding carboxylic acids is 3. The summed E-state index contributed by atoms with van der Waals surface area (Å²) in [5.41, 5.74) is 3.92. The molecule has 1 atom stereocenters. The number of fused-ring (bicyclic) bond motifs is 1. The number of hydrogen-bond donors (Lipinski definition) is 3. The molecular weight excluding hydrogens is 436 g/mol. The topological polar surface area (TPSA) is 131 Å². The molecule has 1 fully saturated rings. The number of aromatic amines is 1. The summed E-state index contributed by atoms with van der Waals surface area (Å²) in [6.07, 6.45) is 4.06. The van der Waals surface area contributed by atoms with E-state index in [1.54, 1.807) is 36.4 Å². The van der Waals surface area contributed by atoms with Gasteiger partial charge in [0, 0.05) is 30.6 Å². The number of aryl methyl sites for hydroxylation is 1. The number of rotatable bonds is 6. The molecule has 0 aliphatic carbocycles. The standard InChI is InChI=1S/C24H22N6O4/c1-30-20-10-16(6-7-17(20)23(29-30)18-8-9-21(31)28-24(18)33)34-12-22(32)27-15-4-2-14(3-5-15)19-11-25-13-26-19/h2-7,10-11,13,18H,8-9,12H2,1H3,(H,25,26)(H,27,32)(H,28,31,33). The van der Waals surface area contributed by atoms with E-state index in [9.17, 15) is 14.4 Å². The maximum atomic E-state index is 12.4. The van der Waals surface area contributed by atoms with E-state index in [1.807, 2.05) is 30.3 Å². The summed E-state index contributed by atoms with van der Waals surface area (Å²) in [5, 5.41) is 10.5. The van der Waals surface area contributed by atoms with E-state index in [2.05, 4.69) is 25.7 Å². The van der Waals surface area contributed by atoms with Gasteiger partial charge in [0.05, 0.1) is 35.3 Å². The number of carbonyl (C=O) groups is 3. The number of nitrogens with one attached hydrogen (secondary N) is 3. The van der Waals surface area contributed by atoms with E-state index in [0.29, 0.717) is 23.6 Å². The minimum Gasteiger partial charge on any atom is -0.484 e. The number of amides is 3. The van der Waals surface area contributed by atoms with Crippen LogP contribution in [0.4, 0.5) is 5.69 Å². The highest BCUT2D eigenvalue weighted by Gasteiger charge is 2.31. The Morgan fingerprint density at radius 2 is 2.03 bits per heavy atom. The molecule has 172 valence electrons. The summed E-state index contributed by atoms with van der Waals surface area (Å²) < 4.78 is 7.35. The lowest BCUT2D eigenvalue weighted by molar-refractivity contribution is -0.134. The van der Waals surface area contributed by atoms with Crippen molar-refractivity contribution in [3.8, 4) is 17.0 Å². The number of hydrogen-bond acceptors (Lipinski definition) is 6. The first-order chi connectivity index (χ1) is 16.5. The van der Waals surface area contributed by atoms with Gasteiger partial charge < -0.3 is 15.0 Å². The SMILES string of the molecule is Cn1nc(C2CCC(=O)NC2=O)c2ccc(OCC(=O)Nc3ccc(-c4cnc[nH]4)cc3)cc21. The Bertz CT molecular complexity index is 1370. The molecule has 10 nitrogen and oxygen atoms in total. The largest absolute Gasteiger partial charge is 0.484 e. The Kier molecular flexibility index (Phi) is 5.54. The second kappa shape index (κ2) is 8.81. The highest BCUT2D eigenvalue weighted by molar-refractivity contribution is 6.02. The molecule has 2 aromatic heterocycles. The number of aromatic nitrogens is 4. The Hall–Kier alpha value is -4.47. The van der Waals surface area contributed by atoms with E-state index in [-0.39, 0.29) is 30.7 Å². The van der Waals surface area contributed by atoms with Gasteiger partial charge in [0.2, 0.25) is 11.8 Å². The number of imide groups is 1. The normalized spacial score (nSPS) is 15.9. The molecule has 0 saturated carbocycles. The average Bonchev–Trinajstić information content (AvgIpc) is 3.47. The maximum absolute atomic E-state index is 12.4. The molecule has 1 aliphatic heterocycles. The quantitative estimate of drug-likeness (QED) is 0.381. The van der Waals surface area contributed by atoms with Crippen LogP contribution in [0.5, 0.6) is 5.75 Å². The number of anilines is 1. The van der Waals surface area contributed by atoms with Crippen molar-refractivity contribution < 1.29 is 19.1 Å². The molecule has 1 aliphatic rings. The van der Waals surface area contributed by atoms with Crippen molar-refractivity contribution in [1.82, 2.24) is 25.1 Å². The molecule has 10 heteroatoms. The molecule has 0 radical (unpaired) electrons. The van der Waals surface area contributed by atoms with Gasteiger partial charge in [0.15, 0.2) is 6.61 Å². The minimum atomic E-state index is -0.474. The second-order valence-electron chi connectivity index (χ2n) is 8.07. The lowest BCUT2D eigenvalue weighted by atomic mass is 9.93. The minimum absolute atomic E-state index is 0.161. The third kappa shape index (κ3) is 4.25. The Morgan fingerprint density at radius 3 is 2.76 bits per heavy atom. The molecule has 0 bridgehead atoms. The van der Waals surface area contributed by atoms with Crippen LogP contribution in [0, 0.1) is 0 Å². The number of benzene rings is 2. The smallest absolute Gasteiger partial charge is 0.262 e. The zero-order valence-electron chi connectivity index (χ0n) is 18.4. The van der Waals surface area contributed by atoms with Crippen LogP contribution in [-0.4, -0.2) is 44.1 Å². The molecule has 3 heterocycles. The molecule has 5 rings (SSSR count). The highest BCUT2D eigenvalue weighted by Crippen LogP contribution is 2.32.